The summed E-state index contributed by atoms with van der Waals surface area (Å²) < 4.78 is 5.82. The third-order valence-corrected chi connectivity index (χ3v) is 6.62. The summed E-state index contributed by atoms with van der Waals surface area (Å²) in [5, 5.41) is 27.5. The van der Waals surface area contributed by atoms with E-state index in [-0.39, 0.29) is 18.9 Å². The third kappa shape index (κ3) is 7.86. The molecule has 0 bridgehead atoms. The Balaban J connectivity index is 1.96. The molecule has 0 aliphatic rings. The van der Waals surface area contributed by atoms with Gasteiger partial charge in [-0.25, -0.2) is 5.48 Å². The number of carbonyl (C=O) groups is 3. The summed E-state index contributed by atoms with van der Waals surface area (Å²) in [6, 6.07) is 21.3. The minimum absolute atomic E-state index is 0.0702. The van der Waals surface area contributed by atoms with Crippen molar-refractivity contribution in [2.45, 2.75) is 45.4 Å². The molecule has 0 saturated heterocycles. The third-order valence-electron chi connectivity index (χ3n) is 6.62. The van der Waals surface area contributed by atoms with E-state index in [4.69, 9.17) is 4.74 Å². The molecule has 9 nitrogen and oxygen atoms in total. The summed E-state index contributed by atoms with van der Waals surface area (Å²) in [7, 11) is 1.48. The highest BCUT2D eigenvalue weighted by atomic mass is 16.5. The van der Waals surface area contributed by atoms with Gasteiger partial charge in [0.05, 0.1) is 12.5 Å². The number of carbonyl (C=O) groups excluding carboxylic acids is 3. The van der Waals surface area contributed by atoms with Crippen LogP contribution in [-0.4, -0.2) is 53.8 Å². The Kier molecular flexibility index (Phi) is 10.2. The van der Waals surface area contributed by atoms with Gasteiger partial charge in [0.2, 0.25) is 11.8 Å². The van der Waals surface area contributed by atoms with Crippen molar-refractivity contribution >= 4 is 28.5 Å². The van der Waals surface area contributed by atoms with Gasteiger partial charge in [-0.05, 0) is 33.7 Å². The normalized spacial score (nSPS) is 14.6. The predicted molar refractivity (Wildman–Crippen MR) is 148 cm³/mol. The molecule has 0 aliphatic carbocycles. The summed E-state index contributed by atoms with van der Waals surface area (Å²) in [4.78, 5) is 39.3. The first kappa shape index (κ1) is 29.8. The molecular formula is C30H37N3O6. The van der Waals surface area contributed by atoms with E-state index in [2.05, 4.69) is 10.6 Å². The van der Waals surface area contributed by atoms with Crippen LogP contribution in [0.5, 0.6) is 0 Å². The van der Waals surface area contributed by atoms with Gasteiger partial charge < -0.3 is 20.5 Å². The average Bonchev–Trinajstić information content (AvgIpc) is 2.94. The van der Waals surface area contributed by atoms with Gasteiger partial charge in [0.1, 0.15) is 18.2 Å². The SMILES string of the molecule is CNC(=O)[C@@H](NC(=O)[C@H](Cc1ccc2ccccc2c1)[C@H](OCC(O)c1ccccc1)C(=O)NO)C(C)(C)C. The van der Waals surface area contributed by atoms with Crippen molar-refractivity contribution in [2.24, 2.45) is 11.3 Å². The molecule has 0 saturated carbocycles. The molecule has 3 aromatic rings. The standard InChI is InChI=1S/C30H37N3O6/c1-30(2,3)26(29(37)31-4)32-27(35)23(17-19-14-15-20-10-8-9-13-22(20)16-19)25(28(36)33-38)39-18-24(34)21-11-6-5-7-12-21/h5-16,23-26,34,38H,17-18H2,1-4H3,(H,31,37)(H,32,35)(H,33,36)/t23-,24?,25+,26-/m1/s1. The first-order valence-electron chi connectivity index (χ1n) is 12.8. The lowest BCUT2D eigenvalue weighted by molar-refractivity contribution is -0.153. The Morgan fingerprint density at radius 3 is 2.13 bits per heavy atom. The largest absolute Gasteiger partial charge is 0.386 e. The number of aliphatic hydroxyl groups excluding tert-OH is 1. The first-order valence-corrected chi connectivity index (χ1v) is 12.8. The molecule has 4 atom stereocenters. The van der Waals surface area contributed by atoms with Gasteiger partial charge in [0.15, 0.2) is 0 Å². The molecule has 39 heavy (non-hydrogen) atoms. The summed E-state index contributed by atoms with van der Waals surface area (Å²) >= 11 is 0. The van der Waals surface area contributed by atoms with Crippen LogP contribution in [-0.2, 0) is 25.5 Å². The predicted octanol–water partition coefficient (Wildman–Crippen LogP) is 2.90. The molecule has 0 aromatic heterocycles. The van der Waals surface area contributed by atoms with E-state index in [0.717, 1.165) is 16.3 Å². The second kappa shape index (κ2) is 13.3. The van der Waals surface area contributed by atoms with Crippen molar-refractivity contribution in [2.75, 3.05) is 13.7 Å². The number of hydroxylamine groups is 1. The fraction of sp³-hybridized carbons (Fsp3) is 0.367. The molecule has 5 N–H and O–H groups in total. The molecule has 0 fully saturated rings. The maximum atomic E-state index is 13.8. The van der Waals surface area contributed by atoms with Crippen molar-refractivity contribution in [3.8, 4) is 0 Å². The number of hydrogen-bond acceptors (Lipinski definition) is 6. The van der Waals surface area contributed by atoms with Crippen molar-refractivity contribution in [1.82, 2.24) is 16.1 Å². The summed E-state index contributed by atoms with van der Waals surface area (Å²) in [5.74, 6) is -3.07. The molecule has 3 rings (SSSR count). The van der Waals surface area contributed by atoms with Crippen LogP contribution >= 0.6 is 0 Å². The number of aliphatic hydroxyl groups is 1. The zero-order valence-electron chi connectivity index (χ0n) is 22.7. The number of likely N-dealkylation sites (N-methyl/N-ethyl adjacent to an activating group) is 1. The minimum Gasteiger partial charge on any atom is -0.386 e. The van der Waals surface area contributed by atoms with Crippen LogP contribution in [0, 0.1) is 11.3 Å². The smallest absolute Gasteiger partial charge is 0.273 e. The zero-order chi connectivity index (χ0) is 28.6. The maximum absolute atomic E-state index is 13.8. The Labute approximate surface area is 228 Å². The van der Waals surface area contributed by atoms with Crippen LogP contribution in [0.3, 0.4) is 0 Å². The molecule has 3 amide bonds. The lowest BCUT2D eigenvalue weighted by atomic mass is 9.84. The summed E-state index contributed by atoms with van der Waals surface area (Å²) in [5.41, 5.74) is 2.28. The Hall–Kier alpha value is -3.79. The van der Waals surface area contributed by atoms with Crippen LogP contribution in [0.2, 0.25) is 0 Å². The van der Waals surface area contributed by atoms with Crippen LogP contribution < -0.4 is 16.1 Å². The summed E-state index contributed by atoms with van der Waals surface area (Å²) in [6.45, 7) is 5.14. The molecule has 9 heteroatoms. The summed E-state index contributed by atoms with van der Waals surface area (Å²) in [6.07, 6.45) is -2.47. The molecule has 0 radical (unpaired) electrons. The van der Waals surface area contributed by atoms with E-state index in [0.29, 0.717) is 5.56 Å². The second-order valence-electron chi connectivity index (χ2n) is 10.6. The van der Waals surface area contributed by atoms with E-state index in [9.17, 15) is 24.7 Å². The number of ether oxygens (including phenoxy) is 1. The van der Waals surface area contributed by atoms with Crippen LogP contribution in [0.25, 0.3) is 10.8 Å². The molecule has 0 heterocycles. The molecule has 0 aliphatic heterocycles. The number of rotatable bonds is 11. The zero-order valence-corrected chi connectivity index (χ0v) is 22.7. The Morgan fingerprint density at radius 2 is 1.51 bits per heavy atom. The molecule has 1 unspecified atom stereocenters. The number of fused-ring (bicyclic) bond motifs is 1. The number of hydrogen-bond donors (Lipinski definition) is 5. The van der Waals surface area contributed by atoms with Crippen LogP contribution in [0.4, 0.5) is 0 Å². The maximum Gasteiger partial charge on any atom is 0.273 e. The van der Waals surface area contributed by atoms with Gasteiger partial charge in [0.25, 0.3) is 5.91 Å². The van der Waals surface area contributed by atoms with E-state index in [1.54, 1.807) is 35.8 Å². The number of benzene rings is 3. The highest BCUT2D eigenvalue weighted by molar-refractivity contribution is 5.93. The van der Waals surface area contributed by atoms with Gasteiger partial charge in [0, 0.05) is 7.05 Å². The van der Waals surface area contributed by atoms with Gasteiger partial charge in [-0.2, -0.15) is 0 Å². The highest BCUT2D eigenvalue weighted by Gasteiger charge is 2.39. The van der Waals surface area contributed by atoms with Crippen LogP contribution in [0.1, 0.15) is 38.0 Å². The van der Waals surface area contributed by atoms with Crippen molar-refractivity contribution < 1.29 is 29.4 Å². The van der Waals surface area contributed by atoms with Gasteiger partial charge in [-0.3, -0.25) is 19.6 Å². The molecular weight excluding hydrogens is 498 g/mol. The van der Waals surface area contributed by atoms with E-state index >= 15 is 0 Å². The van der Waals surface area contributed by atoms with E-state index in [1.807, 2.05) is 63.2 Å². The van der Waals surface area contributed by atoms with Crippen LogP contribution in [0.15, 0.2) is 72.8 Å². The fourth-order valence-electron chi connectivity index (χ4n) is 4.43. The van der Waals surface area contributed by atoms with Gasteiger partial charge >= 0.3 is 0 Å². The Morgan fingerprint density at radius 1 is 0.872 bits per heavy atom. The quantitative estimate of drug-likeness (QED) is 0.189. The molecule has 208 valence electrons. The first-order chi connectivity index (χ1) is 18.5. The minimum atomic E-state index is -1.47. The van der Waals surface area contributed by atoms with Crippen molar-refractivity contribution in [3.63, 3.8) is 0 Å². The van der Waals surface area contributed by atoms with Gasteiger partial charge in [-0.1, -0.05) is 93.6 Å². The monoisotopic (exact) mass is 535 g/mol. The van der Waals surface area contributed by atoms with Crippen molar-refractivity contribution in [3.05, 3.63) is 83.9 Å². The molecule has 0 spiro atoms. The fourth-order valence-corrected chi connectivity index (χ4v) is 4.43. The van der Waals surface area contributed by atoms with E-state index < -0.39 is 41.4 Å². The Bertz CT molecular complexity index is 1270. The molecule has 3 aromatic carbocycles. The second-order valence-corrected chi connectivity index (χ2v) is 10.6. The lowest BCUT2D eigenvalue weighted by Crippen LogP contribution is -2.57. The average molecular weight is 536 g/mol. The van der Waals surface area contributed by atoms with Crippen molar-refractivity contribution in [1.29, 1.82) is 0 Å². The lowest BCUT2D eigenvalue weighted by Gasteiger charge is -2.33. The number of nitrogens with one attached hydrogen (secondary N) is 3. The van der Waals surface area contributed by atoms with Gasteiger partial charge in [-0.15, -0.1) is 0 Å². The highest BCUT2D eigenvalue weighted by Crippen LogP contribution is 2.25. The topological polar surface area (TPSA) is 137 Å². The number of amides is 3. The van der Waals surface area contributed by atoms with E-state index in [1.165, 1.54) is 7.05 Å².